The summed E-state index contributed by atoms with van der Waals surface area (Å²) in [5.41, 5.74) is 2.82. The van der Waals surface area contributed by atoms with Gasteiger partial charge in [-0.15, -0.1) is 0 Å². The molecule has 0 bridgehead atoms. The zero-order valence-electron chi connectivity index (χ0n) is 15.2. The lowest BCUT2D eigenvalue weighted by Crippen LogP contribution is -2.17. The van der Waals surface area contributed by atoms with Crippen LogP contribution in [-0.4, -0.2) is 26.5 Å². The van der Waals surface area contributed by atoms with E-state index in [1.54, 1.807) is 24.7 Å². The van der Waals surface area contributed by atoms with Gasteiger partial charge >= 0.3 is 0 Å². The van der Waals surface area contributed by atoms with Crippen molar-refractivity contribution in [1.82, 2.24) is 19.9 Å². The molecule has 0 atom stereocenters. The van der Waals surface area contributed by atoms with Crippen LogP contribution in [0, 0.1) is 12.7 Å². The summed E-state index contributed by atoms with van der Waals surface area (Å²) in [6.07, 6.45) is 7.64. The van der Waals surface area contributed by atoms with Gasteiger partial charge in [-0.3, -0.25) is 19.7 Å². The molecule has 0 radical (unpaired) electrons. The lowest BCUT2D eigenvalue weighted by Gasteiger charge is -2.07. The average molecular weight is 367 g/mol. The van der Waals surface area contributed by atoms with Crippen LogP contribution in [0.3, 0.4) is 0 Å². The Bertz CT molecular complexity index is 940. The number of H-pyrrole nitrogens is 1. The number of aromatic amines is 1. The van der Waals surface area contributed by atoms with E-state index in [9.17, 15) is 9.18 Å². The minimum absolute atomic E-state index is 0.163. The monoisotopic (exact) mass is 367 g/mol. The summed E-state index contributed by atoms with van der Waals surface area (Å²) in [7, 11) is 0. The highest BCUT2D eigenvalue weighted by Crippen LogP contribution is 2.08. The molecule has 0 unspecified atom stereocenters. The number of nitrogens with one attached hydrogen (secondary N) is 2. The Morgan fingerprint density at radius 3 is 2.74 bits per heavy atom. The van der Waals surface area contributed by atoms with Crippen LogP contribution in [0.2, 0.25) is 0 Å². The van der Waals surface area contributed by atoms with E-state index in [1.165, 1.54) is 6.07 Å². The predicted octanol–water partition coefficient (Wildman–Crippen LogP) is 3.03. The SMILES string of the molecule is Cc1ccc(Cc2cnc(NCCCCc3ncccc3F)[nH]c2=O)cn1. The highest BCUT2D eigenvalue weighted by atomic mass is 19.1. The third-order valence-corrected chi connectivity index (χ3v) is 4.21. The van der Waals surface area contributed by atoms with Gasteiger partial charge in [0.25, 0.3) is 5.56 Å². The molecule has 6 nitrogen and oxygen atoms in total. The van der Waals surface area contributed by atoms with Crippen LogP contribution in [0.15, 0.2) is 47.7 Å². The van der Waals surface area contributed by atoms with Crippen LogP contribution in [0.1, 0.15) is 35.4 Å². The fourth-order valence-electron chi connectivity index (χ4n) is 2.69. The van der Waals surface area contributed by atoms with Crippen molar-refractivity contribution in [2.45, 2.75) is 32.6 Å². The van der Waals surface area contributed by atoms with Crippen molar-refractivity contribution in [3.05, 3.63) is 81.5 Å². The van der Waals surface area contributed by atoms with Crippen molar-refractivity contribution >= 4 is 5.95 Å². The van der Waals surface area contributed by atoms with Gasteiger partial charge in [-0.1, -0.05) is 6.07 Å². The Morgan fingerprint density at radius 2 is 2.00 bits per heavy atom. The van der Waals surface area contributed by atoms with E-state index in [0.29, 0.717) is 36.6 Å². The number of pyridine rings is 2. The lowest BCUT2D eigenvalue weighted by atomic mass is 10.1. The maximum Gasteiger partial charge on any atom is 0.255 e. The fourth-order valence-corrected chi connectivity index (χ4v) is 2.69. The van der Waals surface area contributed by atoms with E-state index < -0.39 is 0 Å². The average Bonchev–Trinajstić information content (AvgIpc) is 2.67. The number of aryl methyl sites for hydroxylation is 2. The first-order valence-electron chi connectivity index (χ1n) is 8.95. The molecule has 3 rings (SSSR count). The standard InChI is InChI=1S/C20H22FN5O/c1-14-7-8-15(12-24-14)11-16-13-25-20(26-19(16)27)23-9-3-2-6-18-17(21)5-4-10-22-18/h4-5,7-8,10,12-13H,2-3,6,9,11H2,1H3,(H2,23,25,26,27). The Hall–Kier alpha value is -3.09. The fraction of sp³-hybridized carbons (Fsp3) is 0.300. The molecule has 2 N–H and O–H groups in total. The summed E-state index contributed by atoms with van der Waals surface area (Å²) in [5.74, 6) is 0.172. The number of hydrogen-bond donors (Lipinski definition) is 2. The van der Waals surface area contributed by atoms with Crippen molar-refractivity contribution in [2.75, 3.05) is 11.9 Å². The number of halogens is 1. The van der Waals surface area contributed by atoms with Gasteiger partial charge in [-0.05, 0) is 49.9 Å². The second-order valence-corrected chi connectivity index (χ2v) is 6.39. The molecule has 0 spiro atoms. The second-order valence-electron chi connectivity index (χ2n) is 6.39. The van der Waals surface area contributed by atoms with Crippen molar-refractivity contribution in [2.24, 2.45) is 0 Å². The predicted molar refractivity (Wildman–Crippen MR) is 102 cm³/mol. The number of unbranched alkanes of at least 4 members (excludes halogenated alkanes) is 1. The normalized spacial score (nSPS) is 10.7. The number of hydrogen-bond acceptors (Lipinski definition) is 5. The van der Waals surface area contributed by atoms with E-state index in [1.807, 2.05) is 19.1 Å². The summed E-state index contributed by atoms with van der Waals surface area (Å²) in [5, 5.41) is 3.09. The molecule has 0 amide bonds. The van der Waals surface area contributed by atoms with Gasteiger partial charge in [0.1, 0.15) is 5.82 Å². The molecule has 0 aromatic carbocycles. The second kappa shape index (κ2) is 9.02. The van der Waals surface area contributed by atoms with Crippen LogP contribution >= 0.6 is 0 Å². The topological polar surface area (TPSA) is 83.6 Å². The third-order valence-electron chi connectivity index (χ3n) is 4.21. The maximum absolute atomic E-state index is 13.5. The van der Waals surface area contributed by atoms with Crippen molar-refractivity contribution < 1.29 is 4.39 Å². The van der Waals surface area contributed by atoms with Gasteiger partial charge in [0.2, 0.25) is 5.95 Å². The molecule has 0 saturated heterocycles. The van der Waals surface area contributed by atoms with Crippen LogP contribution < -0.4 is 10.9 Å². The third kappa shape index (κ3) is 5.44. The first-order chi connectivity index (χ1) is 13.1. The van der Waals surface area contributed by atoms with Crippen LogP contribution in [0.4, 0.5) is 10.3 Å². The van der Waals surface area contributed by atoms with E-state index in [-0.39, 0.29) is 11.4 Å². The number of aromatic nitrogens is 4. The zero-order valence-corrected chi connectivity index (χ0v) is 15.2. The van der Waals surface area contributed by atoms with Gasteiger partial charge in [0, 0.05) is 42.8 Å². The minimum atomic E-state index is -0.268. The Labute approximate surface area is 156 Å². The Morgan fingerprint density at radius 1 is 1.11 bits per heavy atom. The van der Waals surface area contributed by atoms with Gasteiger partial charge in [0.15, 0.2) is 0 Å². The first-order valence-corrected chi connectivity index (χ1v) is 8.95. The summed E-state index contributed by atoms with van der Waals surface area (Å²) in [4.78, 5) is 27.5. The number of anilines is 1. The highest BCUT2D eigenvalue weighted by molar-refractivity contribution is 5.27. The van der Waals surface area contributed by atoms with Crippen LogP contribution in [0.5, 0.6) is 0 Å². The molecule has 3 aromatic rings. The van der Waals surface area contributed by atoms with Crippen molar-refractivity contribution in [3.8, 4) is 0 Å². The van der Waals surface area contributed by atoms with Gasteiger partial charge in [-0.2, -0.15) is 0 Å². The van der Waals surface area contributed by atoms with E-state index in [0.717, 1.165) is 24.1 Å². The first kappa shape index (κ1) is 18.7. The molecule has 7 heteroatoms. The molecule has 0 saturated carbocycles. The zero-order chi connectivity index (χ0) is 19.1. The van der Waals surface area contributed by atoms with Gasteiger partial charge in [-0.25, -0.2) is 9.37 Å². The molecule has 3 heterocycles. The van der Waals surface area contributed by atoms with Crippen LogP contribution in [-0.2, 0) is 12.8 Å². The van der Waals surface area contributed by atoms with E-state index >= 15 is 0 Å². The maximum atomic E-state index is 13.5. The molecule has 3 aromatic heterocycles. The van der Waals surface area contributed by atoms with Gasteiger partial charge in [0.05, 0.1) is 5.69 Å². The van der Waals surface area contributed by atoms with Crippen molar-refractivity contribution in [1.29, 1.82) is 0 Å². The smallest absolute Gasteiger partial charge is 0.255 e. The lowest BCUT2D eigenvalue weighted by molar-refractivity contribution is 0.589. The Balaban J connectivity index is 1.47. The van der Waals surface area contributed by atoms with Crippen molar-refractivity contribution in [3.63, 3.8) is 0 Å². The van der Waals surface area contributed by atoms with Crippen LogP contribution in [0.25, 0.3) is 0 Å². The molecule has 27 heavy (non-hydrogen) atoms. The summed E-state index contributed by atoms with van der Waals surface area (Å²) >= 11 is 0. The molecule has 0 aliphatic carbocycles. The molecular weight excluding hydrogens is 345 g/mol. The summed E-state index contributed by atoms with van der Waals surface area (Å²) in [6, 6.07) is 6.88. The largest absolute Gasteiger partial charge is 0.356 e. The van der Waals surface area contributed by atoms with E-state index in [2.05, 4.69) is 25.3 Å². The summed E-state index contributed by atoms with van der Waals surface area (Å²) in [6.45, 7) is 2.56. The summed E-state index contributed by atoms with van der Waals surface area (Å²) < 4.78 is 13.5. The minimum Gasteiger partial charge on any atom is -0.356 e. The molecule has 0 aliphatic rings. The van der Waals surface area contributed by atoms with E-state index in [4.69, 9.17) is 0 Å². The molecule has 140 valence electrons. The number of nitrogens with zero attached hydrogens (tertiary/aromatic N) is 3. The highest BCUT2D eigenvalue weighted by Gasteiger charge is 2.05. The molecule has 0 fully saturated rings. The quantitative estimate of drug-likeness (QED) is 0.598. The van der Waals surface area contributed by atoms with Gasteiger partial charge < -0.3 is 5.32 Å². The Kier molecular flexibility index (Phi) is 6.25. The molecule has 0 aliphatic heterocycles. The molecular formula is C20H22FN5O. The number of rotatable bonds is 8.